The third kappa shape index (κ3) is 2.26. The predicted molar refractivity (Wildman–Crippen MR) is 68.8 cm³/mol. The van der Waals surface area contributed by atoms with Crippen molar-refractivity contribution >= 4 is 11.7 Å². The summed E-state index contributed by atoms with van der Waals surface area (Å²) in [6, 6.07) is 7.32. The molecule has 2 rings (SSSR count). The van der Waals surface area contributed by atoms with Gasteiger partial charge in [-0.1, -0.05) is 0 Å². The maximum Gasteiger partial charge on any atom is 0.360 e. The molecule has 0 radical (unpaired) electrons. The van der Waals surface area contributed by atoms with Gasteiger partial charge in [0.05, 0.1) is 36.3 Å². The van der Waals surface area contributed by atoms with Crippen LogP contribution >= 0.6 is 0 Å². The van der Waals surface area contributed by atoms with E-state index in [1.165, 1.54) is 18.0 Å². The summed E-state index contributed by atoms with van der Waals surface area (Å²) in [7, 11) is 1.27. The number of aryl methyl sites for hydroxylation is 1. The normalized spacial score (nSPS) is 9.95. The zero-order valence-corrected chi connectivity index (χ0v) is 10.5. The first-order valence-electron chi connectivity index (χ1n) is 5.51. The van der Waals surface area contributed by atoms with E-state index in [1.54, 1.807) is 18.2 Å². The second-order valence-corrected chi connectivity index (χ2v) is 3.98. The first-order chi connectivity index (χ1) is 9.06. The van der Waals surface area contributed by atoms with Crippen molar-refractivity contribution in [2.45, 2.75) is 6.92 Å². The molecule has 0 atom stereocenters. The minimum Gasteiger partial charge on any atom is -0.464 e. The summed E-state index contributed by atoms with van der Waals surface area (Å²) in [5.41, 5.74) is 8.17. The van der Waals surface area contributed by atoms with E-state index in [-0.39, 0.29) is 11.4 Å². The molecule has 0 amide bonds. The molecule has 96 valence electrons. The van der Waals surface area contributed by atoms with Crippen LogP contribution in [0.2, 0.25) is 0 Å². The smallest absolute Gasteiger partial charge is 0.360 e. The molecule has 1 aromatic heterocycles. The van der Waals surface area contributed by atoms with Crippen LogP contribution in [0.3, 0.4) is 0 Å². The zero-order valence-electron chi connectivity index (χ0n) is 10.5. The van der Waals surface area contributed by atoms with E-state index in [2.05, 4.69) is 15.9 Å². The average Bonchev–Trinajstić information content (AvgIpc) is 2.80. The van der Waals surface area contributed by atoms with Crippen molar-refractivity contribution in [1.29, 1.82) is 5.26 Å². The number of benzene rings is 1. The minimum absolute atomic E-state index is 0.0736. The number of nitriles is 1. The van der Waals surface area contributed by atoms with Crippen LogP contribution in [0.15, 0.2) is 24.4 Å². The van der Waals surface area contributed by atoms with Gasteiger partial charge >= 0.3 is 5.97 Å². The molecule has 0 aliphatic heterocycles. The highest BCUT2D eigenvalue weighted by Crippen LogP contribution is 2.17. The molecular formula is C13H12N4O2. The van der Waals surface area contributed by atoms with Crippen LogP contribution < -0.4 is 5.73 Å². The molecule has 0 saturated carbocycles. The molecule has 6 nitrogen and oxygen atoms in total. The summed E-state index contributed by atoms with van der Waals surface area (Å²) in [5, 5.41) is 13.0. The second kappa shape index (κ2) is 4.82. The summed E-state index contributed by atoms with van der Waals surface area (Å²) >= 11 is 0. The summed E-state index contributed by atoms with van der Waals surface area (Å²) in [6.07, 6.45) is 1.53. The van der Waals surface area contributed by atoms with Gasteiger partial charge in [0, 0.05) is 0 Å². The summed E-state index contributed by atoms with van der Waals surface area (Å²) in [6.45, 7) is 1.83. The molecule has 6 heteroatoms. The highest BCUT2D eigenvalue weighted by Gasteiger charge is 2.16. The van der Waals surface area contributed by atoms with E-state index in [4.69, 9.17) is 11.0 Å². The van der Waals surface area contributed by atoms with E-state index in [0.717, 1.165) is 11.3 Å². The summed E-state index contributed by atoms with van der Waals surface area (Å²) < 4.78 is 6.07. The van der Waals surface area contributed by atoms with Crippen LogP contribution in [0, 0.1) is 18.3 Å². The molecule has 2 aromatic rings. The Labute approximate surface area is 110 Å². The molecule has 0 fully saturated rings. The van der Waals surface area contributed by atoms with Crippen molar-refractivity contribution in [2.24, 2.45) is 0 Å². The van der Waals surface area contributed by atoms with Crippen LogP contribution in [0.25, 0.3) is 5.69 Å². The first-order valence-corrected chi connectivity index (χ1v) is 5.51. The van der Waals surface area contributed by atoms with E-state index >= 15 is 0 Å². The van der Waals surface area contributed by atoms with Gasteiger partial charge in [0.25, 0.3) is 0 Å². The molecule has 0 saturated heterocycles. The molecule has 0 spiro atoms. The van der Waals surface area contributed by atoms with Crippen LogP contribution in [0.4, 0.5) is 5.69 Å². The van der Waals surface area contributed by atoms with Crippen LogP contribution in [-0.2, 0) is 4.74 Å². The number of methoxy groups -OCH3 is 1. The standard InChI is InChI=1S/C13H12N4O2/c1-8-5-10(4-3-9(8)6-14)17-7-11(15)12(16-17)13(18)19-2/h3-5,7H,15H2,1-2H3. The number of carbonyl (C=O) groups excluding carboxylic acids is 1. The van der Waals surface area contributed by atoms with E-state index < -0.39 is 5.97 Å². The largest absolute Gasteiger partial charge is 0.464 e. The summed E-state index contributed by atoms with van der Waals surface area (Å²) in [5.74, 6) is -0.582. The Morgan fingerprint density at radius 1 is 1.53 bits per heavy atom. The Balaban J connectivity index is 2.46. The molecule has 1 heterocycles. The maximum absolute atomic E-state index is 11.4. The highest BCUT2D eigenvalue weighted by atomic mass is 16.5. The van der Waals surface area contributed by atoms with Gasteiger partial charge in [0.1, 0.15) is 0 Å². The van der Waals surface area contributed by atoms with Gasteiger partial charge in [-0.2, -0.15) is 10.4 Å². The Bertz CT molecular complexity index is 682. The number of hydrogen-bond acceptors (Lipinski definition) is 5. The van der Waals surface area contributed by atoms with Crippen molar-refractivity contribution in [3.8, 4) is 11.8 Å². The van der Waals surface area contributed by atoms with E-state index in [9.17, 15) is 4.79 Å². The molecule has 0 bridgehead atoms. The fourth-order valence-corrected chi connectivity index (χ4v) is 1.69. The first kappa shape index (κ1) is 12.6. The number of ether oxygens (including phenoxy) is 1. The lowest BCUT2D eigenvalue weighted by molar-refractivity contribution is 0.0594. The molecule has 1 aromatic carbocycles. The molecule has 0 unspecified atom stereocenters. The van der Waals surface area contributed by atoms with Gasteiger partial charge in [-0.3, -0.25) is 0 Å². The zero-order chi connectivity index (χ0) is 14.0. The molecule has 0 aliphatic rings. The number of rotatable bonds is 2. The minimum atomic E-state index is -0.582. The van der Waals surface area contributed by atoms with Gasteiger partial charge in [-0.05, 0) is 30.7 Å². The van der Waals surface area contributed by atoms with E-state index in [1.807, 2.05) is 6.92 Å². The van der Waals surface area contributed by atoms with E-state index in [0.29, 0.717) is 5.56 Å². The number of anilines is 1. The number of esters is 1. The summed E-state index contributed by atoms with van der Waals surface area (Å²) in [4.78, 5) is 11.4. The topological polar surface area (TPSA) is 93.9 Å². The number of nitrogen functional groups attached to an aromatic ring is 1. The average molecular weight is 256 g/mol. The monoisotopic (exact) mass is 256 g/mol. The van der Waals surface area contributed by atoms with Gasteiger partial charge in [-0.15, -0.1) is 0 Å². The molecule has 0 aliphatic carbocycles. The molecule has 2 N–H and O–H groups in total. The number of nitrogens with zero attached hydrogens (tertiary/aromatic N) is 3. The number of nitrogens with two attached hydrogens (primary N) is 1. The van der Waals surface area contributed by atoms with Crippen molar-refractivity contribution < 1.29 is 9.53 Å². The van der Waals surface area contributed by atoms with Gasteiger partial charge < -0.3 is 10.5 Å². The Hall–Kier alpha value is -2.81. The fraction of sp³-hybridized carbons (Fsp3) is 0.154. The maximum atomic E-state index is 11.4. The lowest BCUT2D eigenvalue weighted by Crippen LogP contribution is -2.06. The Morgan fingerprint density at radius 3 is 2.84 bits per heavy atom. The number of aromatic nitrogens is 2. The Morgan fingerprint density at radius 2 is 2.26 bits per heavy atom. The lowest BCUT2D eigenvalue weighted by atomic mass is 10.1. The lowest BCUT2D eigenvalue weighted by Gasteiger charge is -2.03. The third-order valence-corrected chi connectivity index (χ3v) is 2.72. The van der Waals surface area contributed by atoms with Crippen molar-refractivity contribution in [1.82, 2.24) is 9.78 Å². The van der Waals surface area contributed by atoms with Crippen molar-refractivity contribution in [3.63, 3.8) is 0 Å². The van der Waals surface area contributed by atoms with Crippen LogP contribution in [0.5, 0.6) is 0 Å². The van der Waals surface area contributed by atoms with Crippen LogP contribution in [0.1, 0.15) is 21.6 Å². The fourth-order valence-electron chi connectivity index (χ4n) is 1.69. The van der Waals surface area contributed by atoms with Gasteiger partial charge in [-0.25, -0.2) is 9.48 Å². The predicted octanol–water partition coefficient (Wildman–Crippen LogP) is 1.42. The second-order valence-electron chi connectivity index (χ2n) is 3.98. The van der Waals surface area contributed by atoms with Gasteiger partial charge in [0.2, 0.25) is 0 Å². The van der Waals surface area contributed by atoms with Crippen LogP contribution in [-0.4, -0.2) is 22.9 Å². The van der Waals surface area contributed by atoms with Gasteiger partial charge in [0.15, 0.2) is 5.69 Å². The van der Waals surface area contributed by atoms with Crippen molar-refractivity contribution in [2.75, 3.05) is 12.8 Å². The quantitative estimate of drug-likeness (QED) is 0.820. The third-order valence-electron chi connectivity index (χ3n) is 2.72. The number of hydrogen-bond donors (Lipinski definition) is 1. The molecule has 19 heavy (non-hydrogen) atoms. The Kier molecular flexibility index (Phi) is 3.21. The number of carbonyl (C=O) groups is 1. The van der Waals surface area contributed by atoms with Crippen molar-refractivity contribution in [3.05, 3.63) is 41.2 Å². The SMILES string of the molecule is COC(=O)c1nn(-c2ccc(C#N)c(C)c2)cc1N. The highest BCUT2D eigenvalue weighted by molar-refractivity contribution is 5.92. The molecular weight excluding hydrogens is 244 g/mol.